The number of aryl methyl sites for hydroxylation is 1. The Labute approximate surface area is 160 Å². The van der Waals surface area contributed by atoms with Crippen LogP contribution in [0.1, 0.15) is 15.2 Å². The number of halogens is 1. The minimum absolute atomic E-state index is 0.346. The molecule has 0 bridgehead atoms. The first-order valence-corrected chi connectivity index (χ1v) is 10.7. The molecule has 5 nitrogen and oxygen atoms in total. The molecule has 8 heteroatoms. The highest BCUT2D eigenvalue weighted by atomic mass is 32.2. The fourth-order valence-electron chi connectivity index (χ4n) is 2.47. The van der Waals surface area contributed by atoms with Crippen LogP contribution in [0.3, 0.4) is 0 Å². The van der Waals surface area contributed by atoms with Crippen LogP contribution in [-0.4, -0.2) is 20.6 Å². The molecule has 0 saturated carbocycles. The predicted octanol–water partition coefficient (Wildman–Crippen LogP) is 4.49. The lowest BCUT2D eigenvalue weighted by Crippen LogP contribution is -2.13. The van der Waals surface area contributed by atoms with Crippen molar-refractivity contribution in [1.29, 1.82) is 0 Å². The summed E-state index contributed by atoms with van der Waals surface area (Å²) in [6.45, 7) is 1.76. The highest BCUT2D eigenvalue weighted by Gasteiger charge is 2.14. The average Bonchev–Trinajstić information content (AvgIpc) is 3.07. The molecule has 27 heavy (non-hydrogen) atoms. The molecular formula is C19H17FN2O3S2. The molecule has 0 aliphatic rings. The fraction of sp³-hybridized carbons (Fsp3) is 0.105. The van der Waals surface area contributed by atoms with Gasteiger partial charge in [-0.05, 0) is 42.8 Å². The summed E-state index contributed by atoms with van der Waals surface area (Å²) in [7, 11) is -3.42. The molecule has 0 saturated heterocycles. The van der Waals surface area contributed by atoms with Gasteiger partial charge in [-0.1, -0.05) is 24.3 Å². The van der Waals surface area contributed by atoms with Gasteiger partial charge in [0.25, 0.3) is 5.91 Å². The van der Waals surface area contributed by atoms with Crippen LogP contribution in [-0.2, 0) is 10.0 Å². The van der Waals surface area contributed by atoms with Gasteiger partial charge in [0.1, 0.15) is 5.82 Å². The molecule has 1 heterocycles. The number of sulfonamides is 1. The summed E-state index contributed by atoms with van der Waals surface area (Å²) in [5, 5.41) is 2.73. The average molecular weight is 404 g/mol. The van der Waals surface area contributed by atoms with Crippen LogP contribution < -0.4 is 10.0 Å². The number of carbonyl (C=O) groups is 1. The third kappa shape index (κ3) is 4.72. The number of benzene rings is 2. The number of hydrogen-bond donors (Lipinski definition) is 2. The predicted molar refractivity (Wildman–Crippen MR) is 107 cm³/mol. The van der Waals surface area contributed by atoms with Gasteiger partial charge >= 0.3 is 0 Å². The van der Waals surface area contributed by atoms with Crippen LogP contribution in [0, 0.1) is 12.7 Å². The first kappa shape index (κ1) is 19.1. The van der Waals surface area contributed by atoms with Crippen molar-refractivity contribution in [3.63, 3.8) is 0 Å². The molecule has 0 atom stereocenters. The number of anilines is 2. The number of thiophene rings is 1. The molecule has 1 amide bonds. The lowest BCUT2D eigenvalue weighted by molar-refractivity contribution is 0.103. The second-order valence-electron chi connectivity index (χ2n) is 6.00. The van der Waals surface area contributed by atoms with Crippen molar-refractivity contribution in [1.82, 2.24) is 0 Å². The molecule has 1 aromatic heterocycles. The zero-order chi connectivity index (χ0) is 19.6. The SMILES string of the molecule is Cc1ccc(NC(=O)c2ccc(-c3ccccc3F)s2)cc1NS(C)(=O)=O. The van der Waals surface area contributed by atoms with E-state index in [0.29, 0.717) is 26.7 Å². The van der Waals surface area contributed by atoms with Crippen molar-refractivity contribution in [2.24, 2.45) is 0 Å². The summed E-state index contributed by atoms with van der Waals surface area (Å²) in [6, 6.07) is 14.7. The molecule has 2 N–H and O–H groups in total. The second kappa shape index (κ2) is 7.50. The normalized spacial score (nSPS) is 11.2. The highest BCUT2D eigenvalue weighted by molar-refractivity contribution is 7.92. The summed E-state index contributed by atoms with van der Waals surface area (Å²) in [4.78, 5) is 13.6. The Kier molecular flexibility index (Phi) is 5.29. The summed E-state index contributed by atoms with van der Waals surface area (Å²) in [5.74, 6) is -0.696. The van der Waals surface area contributed by atoms with E-state index in [2.05, 4.69) is 10.0 Å². The van der Waals surface area contributed by atoms with E-state index in [-0.39, 0.29) is 11.7 Å². The molecule has 3 rings (SSSR count). The van der Waals surface area contributed by atoms with Crippen LogP contribution in [0.25, 0.3) is 10.4 Å². The molecule has 3 aromatic rings. The van der Waals surface area contributed by atoms with E-state index in [0.717, 1.165) is 11.8 Å². The molecule has 0 fully saturated rings. The van der Waals surface area contributed by atoms with Gasteiger partial charge in [-0.25, -0.2) is 12.8 Å². The first-order valence-electron chi connectivity index (χ1n) is 7.97. The maximum atomic E-state index is 13.9. The summed E-state index contributed by atoms with van der Waals surface area (Å²) >= 11 is 1.18. The Morgan fingerprint density at radius 1 is 1.07 bits per heavy atom. The van der Waals surface area contributed by atoms with E-state index < -0.39 is 10.0 Å². The molecule has 140 valence electrons. The van der Waals surface area contributed by atoms with Crippen molar-refractivity contribution in [3.8, 4) is 10.4 Å². The first-order chi connectivity index (χ1) is 12.7. The summed E-state index contributed by atoms with van der Waals surface area (Å²) in [6.07, 6.45) is 1.06. The Balaban J connectivity index is 1.80. The summed E-state index contributed by atoms with van der Waals surface area (Å²) in [5.41, 5.74) is 2.03. The Hall–Kier alpha value is -2.71. The van der Waals surface area contributed by atoms with Gasteiger partial charge < -0.3 is 5.32 Å². The van der Waals surface area contributed by atoms with E-state index in [1.54, 1.807) is 55.5 Å². The van der Waals surface area contributed by atoms with Crippen LogP contribution in [0.15, 0.2) is 54.6 Å². The van der Waals surface area contributed by atoms with Gasteiger partial charge in [0, 0.05) is 16.1 Å². The lowest BCUT2D eigenvalue weighted by atomic mass is 10.2. The van der Waals surface area contributed by atoms with E-state index in [1.807, 2.05) is 0 Å². The van der Waals surface area contributed by atoms with Crippen molar-refractivity contribution in [2.45, 2.75) is 6.92 Å². The fourth-order valence-corrected chi connectivity index (χ4v) is 4.02. The topological polar surface area (TPSA) is 75.3 Å². The zero-order valence-corrected chi connectivity index (χ0v) is 16.2. The van der Waals surface area contributed by atoms with Gasteiger partial charge in [0.05, 0.1) is 16.8 Å². The highest BCUT2D eigenvalue weighted by Crippen LogP contribution is 2.30. The van der Waals surface area contributed by atoms with Crippen molar-refractivity contribution >= 4 is 38.6 Å². The Bertz CT molecular complexity index is 1110. The maximum Gasteiger partial charge on any atom is 0.265 e. The number of nitrogens with one attached hydrogen (secondary N) is 2. The quantitative estimate of drug-likeness (QED) is 0.658. The Morgan fingerprint density at radius 2 is 1.81 bits per heavy atom. The van der Waals surface area contributed by atoms with E-state index in [4.69, 9.17) is 0 Å². The molecule has 0 unspecified atom stereocenters. The van der Waals surface area contributed by atoms with E-state index in [9.17, 15) is 17.6 Å². The number of amides is 1. The molecular weight excluding hydrogens is 387 g/mol. The second-order valence-corrected chi connectivity index (χ2v) is 8.83. The van der Waals surface area contributed by atoms with Gasteiger partial charge in [-0.2, -0.15) is 0 Å². The van der Waals surface area contributed by atoms with Gasteiger partial charge in [0.15, 0.2) is 0 Å². The van der Waals surface area contributed by atoms with Crippen LogP contribution >= 0.6 is 11.3 Å². The van der Waals surface area contributed by atoms with Crippen LogP contribution in [0.4, 0.5) is 15.8 Å². The Morgan fingerprint density at radius 3 is 2.52 bits per heavy atom. The van der Waals surface area contributed by atoms with Crippen molar-refractivity contribution in [3.05, 3.63) is 70.9 Å². The largest absolute Gasteiger partial charge is 0.321 e. The number of hydrogen-bond acceptors (Lipinski definition) is 4. The molecule has 0 aliphatic heterocycles. The summed E-state index contributed by atoms with van der Waals surface area (Å²) < 4.78 is 39.2. The van der Waals surface area contributed by atoms with Gasteiger partial charge in [-0.15, -0.1) is 11.3 Å². The standard InChI is InChI=1S/C19H17FN2O3S2/c1-12-7-8-13(11-16(12)22-27(2,24)25)21-19(23)18-10-9-17(26-18)14-5-3-4-6-15(14)20/h3-11,22H,1-2H3,(H,21,23). The van der Waals surface area contributed by atoms with E-state index >= 15 is 0 Å². The molecule has 0 radical (unpaired) electrons. The van der Waals surface area contributed by atoms with Crippen LogP contribution in [0.2, 0.25) is 0 Å². The van der Waals surface area contributed by atoms with Crippen molar-refractivity contribution in [2.75, 3.05) is 16.3 Å². The van der Waals surface area contributed by atoms with Gasteiger partial charge in [0.2, 0.25) is 10.0 Å². The monoisotopic (exact) mass is 404 g/mol. The molecule has 0 spiro atoms. The number of carbonyl (C=O) groups excluding carboxylic acids is 1. The minimum atomic E-state index is -3.42. The van der Waals surface area contributed by atoms with Gasteiger partial charge in [-0.3, -0.25) is 9.52 Å². The van der Waals surface area contributed by atoms with Crippen molar-refractivity contribution < 1.29 is 17.6 Å². The van der Waals surface area contributed by atoms with Crippen LogP contribution in [0.5, 0.6) is 0 Å². The third-order valence-electron chi connectivity index (χ3n) is 3.76. The molecule has 0 aliphatic carbocycles. The minimum Gasteiger partial charge on any atom is -0.321 e. The lowest BCUT2D eigenvalue weighted by Gasteiger charge is -2.10. The number of rotatable bonds is 5. The third-order valence-corrected chi connectivity index (χ3v) is 5.47. The maximum absolute atomic E-state index is 13.9. The smallest absolute Gasteiger partial charge is 0.265 e. The molecule has 2 aromatic carbocycles. The van der Waals surface area contributed by atoms with E-state index in [1.165, 1.54) is 17.4 Å². The zero-order valence-electron chi connectivity index (χ0n) is 14.6.